The number of hydrogen-bond acceptors (Lipinski definition) is 3. The number of piperidine rings is 1. The zero-order valence-corrected chi connectivity index (χ0v) is 12.7. The third kappa shape index (κ3) is 2.76. The van der Waals surface area contributed by atoms with Crippen molar-refractivity contribution in [3.05, 3.63) is 0 Å². The third-order valence-corrected chi connectivity index (χ3v) is 5.22. The van der Waals surface area contributed by atoms with Gasteiger partial charge in [-0.3, -0.25) is 14.4 Å². The molecule has 0 bridgehead atoms. The van der Waals surface area contributed by atoms with Gasteiger partial charge in [-0.1, -0.05) is 13.8 Å². The number of carbonyl (C=O) groups is 3. The normalized spacial score (nSPS) is 25.4. The lowest BCUT2D eigenvalue weighted by molar-refractivity contribution is -0.155. The van der Waals surface area contributed by atoms with Crippen LogP contribution in [0.3, 0.4) is 0 Å². The van der Waals surface area contributed by atoms with E-state index in [9.17, 15) is 19.5 Å². The van der Waals surface area contributed by atoms with Gasteiger partial charge in [0.05, 0.1) is 17.4 Å². The van der Waals surface area contributed by atoms with E-state index in [1.54, 1.807) is 4.90 Å². The Kier molecular flexibility index (Phi) is 4.54. The average Bonchev–Trinajstić information content (AvgIpc) is 2.86. The van der Waals surface area contributed by atoms with Gasteiger partial charge >= 0.3 is 5.97 Å². The van der Waals surface area contributed by atoms with Crippen LogP contribution in [0.2, 0.25) is 0 Å². The van der Waals surface area contributed by atoms with Crippen LogP contribution in [0.15, 0.2) is 0 Å². The SMILES string of the molecule is CCC(CC)(CC(=O)N1CCCC2C(=O)NCC21)C(=O)O. The van der Waals surface area contributed by atoms with Crippen molar-refractivity contribution < 1.29 is 19.5 Å². The van der Waals surface area contributed by atoms with Gasteiger partial charge in [0.15, 0.2) is 0 Å². The molecule has 0 spiro atoms. The maximum Gasteiger partial charge on any atom is 0.310 e. The second kappa shape index (κ2) is 6.03. The summed E-state index contributed by atoms with van der Waals surface area (Å²) in [5, 5.41) is 12.3. The van der Waals surface area contributed by atoms with E-state index >= 15 is 0 Å². The Hall–Kier alpha value is -1.59. The molecule has 2 N–H and O–H groups in total. The molecule has 2 saturated heterocycles. The van der Waals surface area contributed by atoms with Crippen LogP contribution in [-0.4, -0.2) is 46.9 Å². The predicted octanol–water partition coefficient (Wildman–Crippen LogP) is 1.00. The van der Waals surface area contributed by atoms with E-state index in [1.807, 2.05) is 13.8 Å². The second-order valence-electron chi connectivity index (χ2n) is 6.12. The minimum Gasteiger partial charge on any atom is -0.481 e. The maximum atomic E-state index is 12.6. The highest BCUT2D eigenvalue weighted by molar-refractivity contribution is 5.87. The fourth-order valence-electron chi connectivity index (χ4n) is 3.53. The topological polar surface area (TPSA) is 86.7 Å². The van der Waals surface area contributed by atoms with Crippen LogP contribution in [0.25, 0.3) is 0 Å². The van der Waals surface area contributed by atoms with Crippen molar-refractivity contribution in [2.75, 3.05) is 13.1 Å². The Morgan fingerprint density at radius 1 is 1.38 bits per heavy atom. The zero-order chi connectivity index (χ0) is 15.6. The van der Waals surface area contributed by atoms with Gasteiger partial charge in [-0.25, -0.2) is 0 Å². The van der Waals surface area contributed by atoms with Crippen molar-refractivity contribution in [2.24, 2.45) is 11.3 Å². The molecule has 2 fully saturated rings. The van der Waals surface area contributed by atoms with Crippen molar-refractivity contribution in [1.82, 2.24) is 10.2 Å². The molecule has 0 aromatic rings. The summed E-state index contributed by atoms with van der Waals surface area (Å²) in [7, 11) is 0. The molecule has 2 atom stereocenters. The second-order valence-corrected chi connectivity index (χ2v) is 6.12. The first-order valence-electron chi connectivity index (χ1n) is 7.75. The molecule has 2 rings (SSSR count). The lowest BCUT2D eigenvalue weighted by atomic mass is 9.78. The molecule has 21 heavy (non-hydrogen) atoms. The predicted molar refractivity (Wildman–Crippen MR) is 76.5 cm³/mol. The fourth-order valence-corrected chi connectivity index (χ4v) is 3.53. The van der Waals surface area contributed by atoms with Crippen LogP contribution in [-0.2, 0) is 14.4 Å². The highest BCUT2D eigenvalue weighted by atomic mass is 16.4. The van der Waals surface area contributed by atoms with E-state index in [0.29, 0.717) is 25.9 Å². The largest absolute Gasteiger partial charge is 0.481 e. The first-order valence-corrected chi connectivity index (χ1v) is 7.75. The first kappa shape index (κ1) is 15.8. The lowest BCUT2D eigenvalue weighted by Gasteiger charge is -2.38. The van der Waals surface area contributed by atoms with E-state index in [4.69, 9.17) is 0 Å². The number of amides is 2. The molecule has 2 aliphatic rings. The number of nitrogens with zero attached hydrogens (tertiary/aromatic N) is 1. The first-order chi connectivity index (χ1) is 9.95. The van der Waals surface area contributed by atoms with Gasteiger partial charge in [0, 0.05) is 19.5 Å². The molecule has 0 aromatic carbocycles. The summed E-state index contributed by atoms with van der Waals surface area (Å²) in [6.07, 6.45) is 2.50. The van der Waals surface area contributed by atoms with Crippen LogP contribution in [0, 0.1) is 11.3 Å². The van der Waals surface area contributed by atoms with Crippen molar-refractivity contribution in [1.29, 1.82) is 0 Å². The molecule has 118 valence electrons. The van der Waals surface area contributed by atoms with Crippen molar-refractivity contribution in [3.8, 4) is 0 Å². The average molecular weight is 296 g/mol. The number of fused-ring (bicyclic) bond motifs is 1. The number of carboxylic acid groups (broad SMARTS) is 1. The fraction of sp³-hybridized carbons (Fsp3) is 0.800. The van der Waals surface area contributed by atoms with Gasteiger partial charge in [0.25, 0.3) is 0 Å². The van der Waals surface area contributed by atoms with E-state index in [0.717, 1.165) is 12.8 Å². The molecule has 2 aliphatic heterocycles. The summed E-state index contributed by atoms with van der Waals surface area (Å²) in [6, 6.07) is -0.0982. The van der Waals surface area contributed by atoms with Crippen LogP contribution in [0.5, 0.6) is 0 Å². The zero-order valence-electron chi connectivity index (χ0n) is 12.7. The highest BCUT2D eigenvalue weighted by Gasteiger charge is 2.45. The Morgan fingerprint density at radius 2 is 2.05 bits per heavy atom. The van der Waals surface area contributed by atoms with Crippen molar-refractivity contribution >= 4 is 17.8 Å². The molecule has 0 aliphatic carbocycles. The van der Waals surface area contributed by atoms with E-state index in [-0.39, 0.29) is 30.2 Å². The lowest BCUT2D eigenvalue weighted by Crippen LogP contribution is -2.50. The Labute approximate surface area is 124 Å². The summed E-state index contributed by atoms with van der Waals surface area (Å²) in [5.74, 6) is -1.14. The summed E-state index contributed by atoms with van der Waals surface area (Å²) < 4.78 is 0. The molecule has 6 heteroatoms. The van der Waals surface area contributed by atoms with Gasteiger partial charge < -0.3 is 15.3 Å². The van der Waals surface area contributed by atoms with E-state index in [2.05, 4.69) is 5.32 Å². The van der Waals surface area contributed by atoms with Crippen LogP contribution >= 0.6 is 0 Å². The Balaban J connectivity index is 2.12. The summed E-state index contributed by atoms with van der Waals surface area (Å²) in [5.41, 5.74) is -0.986. The molecule has 0 aromatic heterocycles. The number of nitrogens with one attached hydrogen (secondary N) is 1. The van der Waals surface area contributed by atoms with E-state index in [1.165, 1.54) is 0 Å². The number of carbonyl (C=O) groups excluding carboxylic acids is 2. The number of likely N-dealkylation sites (tertiary alicyclic amines) is 1. The Morgan fingerprint density at radius 3 is 2.62 bits per heavy atom. The van der Waals surface area contributed by atoms with E-state index < -0.39 is 11.4 Å². The molecular formula is C15H24N2O4. The van der Waals surface area contributed by atoms with Gasteiger partial charge in [-0.05, 0) is 25.7 Å². The number of hydrogen-bond donors (Lipinski definition) is 2. The third-order valence-electron chi connectivity index (χ3n) is 5.22. The molecule has 0 radical (unpaired) electrons. The minimum atomic E-state index is -0.986. The smallest absolute Gasteiger partial charge is 0.310 e. The van der Waals surface area contributed by atoms with Crippen LogP contribution < -0.4 is 5.32 Å². The highest BCUT2D eigenvalue weighted by Crippen LogP contribution is 2.34. The molecule has 2 amide bonds. The minimum absolute atomic E-state index is 0.0206. The molecule has 6 nitrogen and oxygen atoms in total. The van der Waals surface area contributed by atoms with Crippen LogP contribution in [0.1, 0.15) is 46.0 Å². The van der Waals surface area contributed by atoms with Crippen molar-refractivity contribution in [2.45, 2.75) is 52.0 Å². The van der Waals surface area contributed by atoms with Gasteiger partial charge in [-0.15, -0.1) is 0 Å². The number of aliphatic carboxylic acids is 1. The number of carboxylic acids is 1. The summed E-state index contributed by atoms with van der Waals surface area (Å²) in [6.45, 7) is 4.74. The maximum absolute atomic E-state index is 12.6. The summed E-state index contributed by atoms with van der Waals surface area (Å²) >= 11 is 0. The molecule has 0 saturated carbocycles. The molecule has 2 heterocycles. The monoisotopic (exact) mass is 296 g/mol. The van der Waals surface area contributed by atoms with Gasteiger partial charge in [0.2, 0.25) is 11.8 Å². The quantitative estimate of drug-likeness (QED) is 0.792. The standard InChI is InChI=1S/C15H24N2O4/c1-3-15(4-2,14(20)21)8-12(18)17-7-5-6-10-11(17)9-16-13(10)19/h10-11H,3-9H2,1-2H3,(H,16,19)(H,20,21). The van der Waals surface area contributed by atoms with Gasteiger partial charge in [-0.2, -0.15) is 0 Å². The van der Waals surface area contributed by atoms with Crippen LogP contribution in [0.4, 0.5) is 0 Å². The van der Waals surface area contributed by atoms with Gasteiger partial charge in [0.1, 0.15) is 0 Å². The molecular weight excluding hydrogens is 272 g/mol. The Bertz CT molecular complexity index is 445. The van der Waals surface area contributed by atoms with Crippen molar-refractivity contribution in [3.63, 3.8) is 0 Å². The number of rotatable bonds is 5. The molecule has 2 unspecified atom stereocenters. The summed E-state index contributed by atoms with van der Waals surface area (Å²) in [4.78, 5) is 37.6.